The van der Waals surface area contributed by atoms with E-state index in [1.807, 2.05) is 49.4 Å². The standard InChI is InChI=1S/C17H14N6O/c1-2-14-19-17(21-24-14)15-16(12-8-10-18-11-9-12)23(22-20-15)13-6-4-3-5-7-13/h3-11H,2H2,1H3. The van der Waals surface area contributed by atoms with Crippen LogP contribution in [0.4, 0.5) is 0 Å². The predicted octanol–water partition coefficient (Wildman–Crippen LogP) is 2.94. The third-order valence-corrected chi connectivity index (χ3v) is 3.61. The van der Waals surface area contributed by atoms with E-state index in [-0.39, 0.29) is 0 Å². The molecule has 0 fully saturated rings. The molecule has 7 heteroatoms. The first kappa shape index (κ1) is 14.3. The highest BCUT2D eigenvalue weighted by molar-refractivity contribution is 5.75. The Bertz CT molecular complexity index is 946. The molecule has 0 N–H and O–H groups in total. The van der Waals surface area contributed by atoms with Crippen LogP contribution in [-0.2, 0) is 6.42 Å². The summed E-state index contributed by atoms with van der Waals surface area (Å²) in [5, 5.41) is 12.6. The molecular formula is C17H14N6O. The molecule has 0 atom stereocenters. The van der Waals surface area contributed by atoms with Crippen molar-refractivity contribution < 1.29 is 4.52 Å². The van der Waals surface area contributed by atoms with E-state index in [0.29, 0.717) is 23.8 Å². The molecule has 0 aliphatic carbocycles. The minimum absolute atomic E-state index is 0.431. The minimum Gasteiger partial charge on any atom is -0.339 e. The second kappa shape index (κ2) is 6.04. The van der Waals surface area contributed by atoms with Crippen LogP contribution in [0, 0.1) is 0 Å². The fraction of sp³-hybridized carbons (Fsp3) is 0.118. The number of para-hydroxylation sites is 1. The van der Waals surface area contributed by atoms with Crippen molar-refractivity contribution in [3.63, 3.8) is 0 Å². The first-order chi connectivity index (χ1) is 11.9. The molecule has 0 saturated carbocycles. The third kappa shape index (κ3) is 2.45. The zero-order valence-corrected chi connectivity index (χ0v) is 13.0. The fourth-order valence-electron chi connectivity index (χ4n) is 2.45. The molecule has 0 radical (unpaired) electrons. The normalized spacial score (nSPS) is 10.9. The quantitative estimate of drug-likeness (QED) is 0.575. The average molecular weight is 318 g/mol. The smallest absolute Gasteiger partial charge is 0.226 e. The summed E-state index contributed by atoms with van der Waals surface area (Å²) in [6, 6.07) is 13.6. The van der Waals surface area contributed by atoms with E-state index in [0.717, 1.165) is 16.9 Å². The summed E-state index contributed by atoms with van der Waals surface area (Å²) in [5.41, 5.74) is 3.21. The van der Waals surface area contributed by atoms with Crippen molar-refractivity contribution in [2.75, 3.05) is 0 Å². The van der Waals surface area contributed by atoms with E-state index in [1.54, 1.807) is 17.1 Å². The molecule has 4 aromatic rings. The van der Waals surface area contributed by atoms with Crippen LogP contribution in [0.3, 0.4) is 0 Å². The molecule has 4 rings (SSSR count). The summed E-state index contributed by atoms with van der Waals surface area (Å²) in [7, 11) is 0. The maximum absolute atomic E-state index is 5.22. The molecule has 3 aromatic heterocycles. The molecular weight excluding hydrogens is 304 g/mol. The van der Waals surface area contributed by atoms with Crippen LogP contribution in [0.1, 0.15) is 12.8 Å². The number of nitrogens with zero attached hydrogens (tertiary/aromatic N) is 6. The van der Waals surface area contributed by atoms with Gasteiger partial charge < -0.3 is 4.52 Å². The Labute approximate surface area is 138 Å². The van der Waals surface area contributed by atoms with Crippen LogP contribution in [-0.4, -0.2) is 30.1 Å². The monoisotopic (exact) mass is 318 g/mol. The van der Waals surface area contributed by atoms with E-state index < -0.39 is 0 Å². The van der Waals surface area contributed by atoms with Crippen LogP contribution >= 0.6 is 0 Å². The van der Waals surface area contributed by atoms with E-state index in [1.165, 1.54) is 0 Å². The molecule has 0 aliphatic rings. The highest BCUT2D eigenvalue weighted by Crippen LogP contribution is 2.30. The second-order valence-electron chi connectivity index (χ2n) is 5.14. The Kier molecular flexibility index (Phi) is 3.59. The van der Waals surface area contributed by atoms with Gasteiger partial charge in [-0.25, -0.2) is 4.68 Å². The number of aromatic nitrogens is 6. The number of rotatable bonds is 4. The predicted molar refractivity (Wildman–Crippen MR) is 87.3 cm³/mol. The van der Waals surface area contributed by atoms with E-state index in [2.05, 4.69) is 25.4 Å². The lowest BCUT2D eigenvalue weighted by molar-refractivity contribution is 0.382. The first-order valence-electron chi connectivity index (χ1n) is 7.61. The molecule has 7 nitrogen and oxygen atoms in total. The highest BCUT2D eigenvalue weighted by Gasteiger charge is 2.21. The number of pyridine rings is 1. The first-order valence-corrected chi connectivity index (χ1v) is 7.61. The Hall–Kier alpha value is -3.35. The summed E-state index contributed by atoms with van der Waals surface area (Å²) in [5.74, 6) is 1.00. The Morgan fingerprint density at radius 1 is 1.04 bits per heavy atom. The number of benzene rings is 1. The molecule has 0 amide bonds. The van der Waals surface area contributed by atoms with E-state index in [4.69, 9.17) is 4.52 Å². The number of hydrogen-bond donors (Lipinski definition) is 0. The zero-order chi connectivity index (χ0) is 16.4. The zero-order valence-electron chi connectivity index (χ0n) is 13.0. The van der Waals surface area contributed by atoms with Gasteiger partial charge in [0.2, 0.25) is 11.7 Å². The van der Waals surface area contributed by atoms with Crippen molar-refractivity contribution in [3.05, 3.63) is 60.7 Å². The molecule has 3 heterocycles. The summed E-state index contributed by atoms with van der Waals surface area (Å²) in [4.78, 5) is 8.46. The van der Waals surface area contributed by atoms with Gasteiger partial charge in [0, 0.05) is 24.4 Å². The Morgan fingerprint density at radius 2 is 1.83 bits per heavy atom. The van der Waals surface area contributed by atoms with Gasteiger partial charge in [0.1, 0.15) is 5.69 Å². The van der Waals surface area contributed by atoms with Crippen molar-refractivity contribution in [2.24, 2.45) is 0 Å². The third-order valence-electron chi connectivity index (χ3n) is 3.61. The summed E-state index contributed by atoms with van der Waals surface area (Å²) in [6.07, 6.45) is 4.13. The second-order valence-corrected chi connectivity index (χ2v) is 5.14. The molecule has 0 saturated heterocycles. The molecule has 24 heavy (non-hydrogen) atoms. The molecule has 1 aromatic carbocycles. The van der Waals surface area contributed by atoms with Crippen molar-refractivity contribution in [2.45, 2.75) is 13.3 Å². The van der Waals surface area contributed by atoms with Crippen molar-refractivity contribution in [1.82, 2.24) is 30.1 Å². The van der Waals surface area contributed by atoms with Crippen LogP contribution in [0.15, 0.2) is 59.4 Å². The number of aryl methyl sites for hydroxylation is 1. The molecule has 0 spiro atoms. The Morgan fingerprint density at radius 3 is 2.54 bits per heavy atom. The van der Waals surface area contributed by atoms with E-state index in [9.17, 15) is 0 Å². The van der Waals surface area contributed by atoms with Gasteiger partial charge in [0.25, 0.3) is 0 Å². The molecule has 0 bridgehead atoms. The topological polar surface area (TPSA) is 82.5 Å². The van der Waals surface area contributed by atoms with Crippen LogP contribution in [0.25, 0.3) is 28.5 Å². The van der Waals surface area contributed by atoms with Gasteiger partial charge >= 0.3 is 0 Å². The lowest BCUT2D eigenvalue weighted by atomic mass is 10.1. The lowest BCUT2D eigenvalue weighted by Crippen LogP contribution is -1.99. The van der Waals surface area contributed by atoms with Crippen molar-refractivity contribution in [3.8, 4) is 28.5 Å². The lowest BCUT2D eigenvalue weighted by Gasteiger charge is -2.07. The van der Waals surface area contributed by atoms with E-state index >= 15 is 0 Å². The van der Waals surface area contributed by atoms with Crippen molar-refractivity contribution >= 4 is 0 Å². The Balaban J connectivity index is 1.93. The SMILES string of the molecule is CCc1nc(-c2nnn(-c3ccccc3)c2-c2ccncc2)no1. The average Bonchev–Trinajstić information content (AvgIpc) is 3.30. The maximum atomic E-state index is 5.22. The van der Waals surface area contributed by atoms with Gasteiger partial charge in [-0.15, -0.1) is 5.10 Å². The number of hydrogen-bond acceptors (Lipinski definition) is 6. The summed E-state index contributed by atoms with van der Waals surface area (Å²) in [6.45, 7) is 1.96. The molecule has 0 aliphatic heterocycles. The highest BCUT2D eigenvalue weighted by atomic mass is 16.5. The van der Waals surface area contributed by atoms with Gasteiger partial charge in [-0.2, -0.15) is 4.98 Å². The largest absolute Gasteiger partial charge is 0.339 e. The molecule has 0 unspecified atom stereocenters. The van der Waals surface area contributed by atoms with Crippen LogP contribution in [0.2, 0.25) is 0 Å². The van der Waals surface area contributed by atoms with Crippen molar-refractivity contribution in [1.29, 1.82) is 0 Å². The fourth-order valence-corrected chi connectivity index (χ4v) is 2.45. The molecule has 118 valence electrons. The van der Waals surface area contributed by atoms with Gasteiger partial charge in [-0.1, -0.05) is 35.5 Å². The minimum atomic E-state index is 0.431. The summed E-state index contributed by atoms with van der Waals surface area (Å²) < 4.78 is 6.99. The van der Waals surface area contributed by atoms with Gasteiger partial charge in [0.15, 0.2) is 5.69 Å². The summed E-state index contributed by atoms with van der Waals surface area (Å²) >= 11 is 0. The van der Waals surface area contributed by atoms with Gasteiger partial charge in [-0.3, -0.25) is 4.98 Å². The maximum Gasteiger partial charge on any atom is 0.226 e. The van der Waals surface area contributed by atoms with Crippen LogP contribution in [0.5, 0.6) is 0 Å². The van der Waals surface area contributed by atoms with Gasteiger partial charge in [-0.05, 0) is 24.3 Å². The van der Waals surface area contributed by atoms with Crippen LogP contribution < -0.4 is 0 Å². The van der Waals surface area contributed by atoms with Gasteiger partial charge in [0.05, 0.1) is 5.69 Å².